The molecule has 0 saturated carbocycles. The number of amides is 1. The van der Waals surface area contributed by atoms with E-state index >= 15 is 0 Å². The first kappa shape index (κ1) is 24.0. The molecule has 0 bridgehead atoms. The number of anilines is 2. The first-order valence-electron chi connectivity index (χ1n) is 11.0. The minimum absolute atomic E-state index is 0.154. The quantitative estimate of drug-likeness (QED) is 0.343. The van der Waals surface area contributed by atoms with Gasteiger partial charge in [-0.25, -0.2) is 9.97 Å². The smallest absolute Gasteiger partial charge is 0.353 e. The van der Waals surface area contributed by atoms with Crippen molar-refractivity contribution < 1.29 is 14.1 Å². The van der Waals surface area contributed by atoms with Gasteiger partial charge >= 0.3 is 5.69 Å². The zero-order chi connectivity index (χ0) is 23.8. The van der Waals surface area contributed by atoms with Gasteiger partial charge in [-0.3, -0.25) is 14.9 Å². The number of nitrogens with one attached hydrogen (secondary N) is 1. The summed E-state index contributed by atoms with van der Waals surface area (Å²) >= 11 is 0. The molecule has 0 radical (unpaired) electrons. The van der Waals surface area contributed by atoms with Crippen molar-refractivity contribution in [2.75, 3.05) is 42.9 Å². The molecule has 1 amide bonds. The van der Waals surface area contributed by atoms with Crippen molar-refractivity contribution in [1.82, 2.24) is 14.9 Å². The van der Waals surface area contributed by atoms with Crippen LogP contribution in [0.5, 0.6) is 0 Å². The molecule has 0 spiro atoms. The fraction of sp³-hybridized carbons (Fsp3) is 0.435. The lowest BCUT2D eigenvalue weighted by atomic mass is 10.1. The molecule has 1 fully saturated rings. The molecule has 1 saturated heterocycles. The maximum absolute atomic E-state index is 12.5. The molecule has 0 unspecified atom stereocenters. The SMILES string of the molecule is CC(C)=CCC/C(C)=C/CNc1ncnc(N2CCN(C(=O)c3ccco3)CC2)c1[N+](=O)[O-]. The van der Waals surface area contributed by atoms with Gasteiger partial charge in [-0.1, -0.05) is 23.3 Å². The number of carbonyl (C=O) groups excluding carboxylic acids is 1. The summed E-state index contributed by atoms with van der Waals surface area (Å²) in [6.07, 6.45) is 8.90. The second-order valence-corrected chi connectivity index (χ2v) is 8.16. The van der Waals surface area contributed by atoms with Gasteiger partial charge < -0.3 is 19.5 Å². The number of piperazine rings is 1. The Hall–Kier alpha value is -3.69. The van der Waals surface area contributed by atoms with Gasteiger partial charge in [0, 0.05) is 32.7 Å². The molecule has 176 valence electrons. The summed E-state index contributed by atoms with van der Waals surface area (Å²) in [4.78, 5) is 35.7. The Bertz CT molecular complexity index is 1020. The molecular weight excluding hydrogens is 424 g/mol. The van der Waals surface area contributed by atoms with E-state index in [9.17, 15) is 14.9 Å². The summed E-state index contributed by atoms with van der Waals surface area (Å²) < 4.78 is 5.18. The molecule has 2 aromatic rings. The van der Waals surface area contributed by atoms with Crippen LogP contribution >= 0.6 is 0 Å². The van der Waals surface area contributed by atoms with Crippen molar-refractivity contribution in [3.05, 3.63) is 63.9 Å². The highest BCUT2D eigenvalue weighted by Crippen LogP contribution is 2.32. The van der Waals surface area contributed by atoms with Crippen molar-refractivity contribution in [2.45, 2.75) is 33.6 Å². The van der Waals surface area contributed by atoms with E-state index in [1.54, 1.807) is 17.0 Å². The van der Waals surface area contributed by atoms with Crippen LogP contribution in [-0.2, 0) is 0 Å². The van der Waals surface area contributed by atoms with E-state index < -0.39 is 4.92 Å². The lowest BCUT2D eigenvalue weighted by molar-refractivity contribution is -0.383. The molecule has 10 nitrogen and oxygen atoms in total. The van der Waals surface area contributed by atoms with Gasteiger partial charge in [0.1, 0.15) is 6.33 Å². The molecule has 1 aliphatic rings. The topological polar surface area (TPSA) is 118 Å². The predicted octanol–water partition coefficient (Wildman–Crippen LogP) is 4.04. The molecular formula is C23H30N6O4. The minimum atomic E-state index is -0.455. The number of carbonyl (C=O) groups is 1. The number of allylic oxidation sites excluding steroid dienone is 3. The summed E-state index contributed by atoms with van der Waals surface area (Å²) in [5.74, 6) is 0.539. The molecule has 0 atom stereocenters. The lowest BCUT2D eigenvalue weighted by Crippen LogP contribution is -2.49. The number of hydrogen-bond acceptors (Lipinski definition) is 8. The molecule has 10 heteroatoms. The number of aromatic nitrogens is 2. The monoisotopic (exact) mass is 454 g/mol. The van der Waals surface area contributed by atoms with Gasteiger partial charge in [-0.2, -0.15) is 0 Å². The summed E-state index contributed by atoms with van der Waals surface area (Å²) in [6, 6.07) is 3.29. The number of nitrogens with zero attached hydrogens (tertiary/aromatic N) is 5. The van der Waals surface area contributed by atoms with E-state index in [-0.39, 0.29) is 29.0 Å². The summed E-state index contributed by atoms with van der Waals surface area (Å²) in [6.45, 7) is 8.30. The van der Waals surface area contributed by atoms with Crippen LogP contribution in [-0.4, -0.2) is 58.4 Å². The van der Waals surface area contributed by atoms with Gasteiger partial charge in [-0.15, -0.1) is 0 Å². The number of nitro groups is 1. The lowest BCUT2D eigenvalue weighted by Gasteiger charge is -2.34. The molecule has 3 heterocycles. The standard InChI is InChI=1S/C23H30N6O4/c1-17(2)6-4-7-18(3)9-10-24-21-20(29(31)32)22(26-16-25-21)27-11-13-28(14-12-27)23(30)19-8-5-15-33-19/h5-6,8-9,15-16H,4,7,10-14H2,1-3H3,(H,24,25,26)/b18-9+. The highest BCUT2D eigenvalue weighted by atomic mass is 16.6. The van der Waals surface area contributed by atoms with Crippen LogP contribution in [0.3, 0.4) is 0 Å². The summed E-state index contributed by atoms with van der Waals surface area (Å²) in [5, 5.41) is 14.9. The molecule has 3 rings (SSSR count). The van der Waals surface area contributed by atoms with E-state index in [2.05, 4.69) is 35.2 Å². The van der Waals surface area contributed by atoms with Crippen molar-refractivity contribution in [2.24, 2.45) is 0 Å². The third kappa shape index (κ3) is 6.41. The first-order valence-corrected chi connectivity index (χ1v) is 11.0. The first-order chi connectivity index (χ1) is 15.9. The Morgan fingerprint density at radius 2 is 1.97 bits per heavy atom. The number of furan rings is 1. The van der Waals surface area contributed by atoms with E-state index in [1.807, 2.05) is 17.9 Å². The van der Waals surface area contributed by atoms with Crippen molar-refractivity contribution in [3.63, 3.8) is 0 Å². The summed E-state index contributed by atoms with van der Waals surface area (Å²) in [5.41, 5.74) is 2.34. The highest BCUT2D eigenvalue weighted by Gasteiger charge is 2.30. The van der Waals surface area contributed by atoms with Gasteiger partial charge in [-0.05, 0) is 45.7 Å². The minimum Gasteiger partial charge on any atom is -0.459 e. The molecule has 2 aromatic heterocycles. The second-order valence-electron chi connectivity index (χ2n) is 8.16. The van der Waals surface area contributed by atoms with Gasteiger partial charge in [0.05, 0.1) is 11.2 Å². The van der Waals surface area contributed by atoms with Crippen LogP contribution < -0.4 is 10.2 Å². The molecule has 1 N–H and O–H groups in total. The van der Waals surface area contributed by atoms with Gasteiger partial charge in [0.15, 0.2) is 5.76 Å². The predicted molar refractivity (Wildman–Crippen MR) is 126 cm³/mol. The van der Waals surface area contributed by atoms with E-state index in [0.29, 0.717) is 32.7 Å². The Kier molecular flexibility index (Phi) is 8.17. The van der Waals surface area contributed by atoms with E-state index in [1.165, 1.54) is 23.7 Å². The van der Waals surface area contributed by atoms with Crippen LogP contribution in [0.4, 0.5) is 17.3 Å². The average molecular weight is 455 g/mol. The van der Waals surface area contributed by atoms with Crippen LogP contribution in [0.25, 0.3) is 0 Å². The van der Waals surface area contributed by atoms with Crippen molar-refractivity contribution >= 4 is 23.2 Å². The third-order valence-electron chi connectivity index (χ3n) is 5.40. The normalized spacial score (nSPS) is 14.2. The fourth-order valence-electron chi connectivity index (χ4n) is 3.59. The van der Waals surface area contributed by atoms with Crippen molar-refractivity contribution in [1.29, 1.82) is 0 Å². The van der Waals surface area contributed by atoms with Crippen LogP contribution in [0.1, 0.15) is 44.2 Å². The zero-order valence-corrected chi connectivity index (χ0v) is 19.3. The molecule has 0 aromatic carbocycles. The molecule has 1 aliphatic heterocycles. The Morgan fingerprint density at radius 1 is 1.21 bits per heavy atom. The van der Waals surface area contributed by atoms with Crippen LogP contribution in [0.2, 0.25) is 0 Å². The Morgan fingerprint density at radius 3 is 2.61 bits per heavy atom. The largest absolute Gasteiger partial charge is 0.459 e. The van der Waals surface area contributed by atoms with E-state index in [0.717, 1.165) is 12.8 Å². The average Bonchev–Trinajstić information content (AvgIpc) is 3.33. The van der Waals surface area contributed by atoms with Gasteiger partial charge in [0.2, 0.25) is 11.6 Å². The Balaban J connectivity index is 1.65. The van der Waals surface area contributed by atoms with Crippen LogP contribution in [0.15, 0.2) is 52.4 Å². The van der Waals surface area contributed by atoms with Crippen molar-refractivity contribution in [3.8, 4) is 0 Å². The molecule has 33 heavy (non-hydrogen) atoms. The van der Waals surface area contributed by atoms with E-state index in [4.69, 9.17) is 4.42 Å². The Labute approximate surface area is 193 Å². The number of hydrogen-bond donors (Lipinski definition) is 1. The number of rotatable bonds is 9. The zero-order valence-electron chi connectivity index (χ0n) is 19.3. The van der Waals surface area contributed by atoms with Gasteiger partial charge in [0.25, 0.3) is 5.91 Å². The highest BCUT2D eigenvalue weighted by molar-refractivity contribution is 5.91. The maximum atomic E-state index is 12.5. The van der Waals surface area contributed by atoms with Crippen LogP contribution in [0, 0.1) is 10.1 Å². The second kappa shape index (κ2) is 11.3. The third-order valence-corrected chi connectivity index (χ3v) is 5.40. The summed E-state index contributed by atoms with van der Waals surface area (Å²) in [7, 11) is 0. The molecule has 0 aliphatic carbocycles. The fourth-order valence-corrected chi connectivity index (χ4v) is 3.59. The maximum Gasteiger partial charge on any atom is 0.353 e.